The van der Waals surface area contributed by atoms with Gasteiger partial charge in [0.15, 0.2) is 0 Å². The fourth-order valence-electron chi connectivity index (χ4n) is 2.56. The monoisotopic (exact) mass is 366 g/mol. The molecule has 1 unspecified atom stereocenters. The SMILES string of the molecule is CCc1ccc(C(Br)c2cc(Cl)ccc2OC)cc1CC. The van der Waals surface area contributed by atoms with E-state index in [1.54, 1.807) is 7.11 Å². The van der Waals surface area contributed by atoms with E-state index in [0.29, 0.717) is 0 Å². The lowest BCUT2D eigenvalue weighted by molar-refractivity contribution is 0.410. The highest BCUT2D eigenvalue weighted by Gasteiger charge is 2.16. The molecule has 1 atom stereocenters. The fraction of sp³-hybridized carbons (Fsp3) is 0.333. The van der Waals surface area contributed by atoms with Gasteiger partial charge in [0.2, 0.25) is 0 Å². The minimum Gasteiger partial charge on any atom is -0.496 e. The van der Waals surface area contributed by atoms with E-state index in [-0.39, 0.29) is 4.83 Å². The number of hydrogen-bond acceptors (Lipinski definition) is 1. The van der Waals surface area contributed by atoms with Gasteiger partial charge in [-0.2, -0.15) is 0 Å². The highest BCUT2D eigenvalue weighted by atomic mass is 79.9. The summed E-state index contributed by atoms with van der Waals surface area (Å²) in [6.07, 6.45) is 2.11. The number of ether oxygens (including phenoxy) is 1. The van der Waals surface area contributed by atoms with E-state index in [0.717, 1.165) is 29.2 Å². The zero-order chi connectivity index (χ0) is 15.4. The van der Waals surface area contributed by atoms with Gasteiger partial charge < -0.3 is 4.74 Å². The van der Waals surface area contributed by atoms with Crippen molar-refractivity contribution >= 4 is 27.5 Å². The van der Waals surface area contributed by atoms with Gasteiger partial charge in [0, 0.05) is 10.6 Å². The van der Waals surface area contributed by atoms with Crippen molar-refractivity contribution in [2.75, 3.05) is 7.11 Å². The zero-order valence-corrected chi connectivity index (χ0v) is 15.0. The van der Waals surface area contributed by atoms with Crippen LogP contribution in [0.1, 0.15) is 40.9 Å². The molecule has 0 saturated heterocycles. The summed E-state index contributed by atoms with van der Waals surface area (Å²) in [6, 6.07) is 12.4. The minimum atomic E-state index is 0.0716. The van der Waals surface area contributed by atoms with Gasteiger partial charge in [0.25, 0.3) is 0 Å². The van der Waals surface area contributed by atoms with Crippen molar-refractivity contribution < 1.29 is 4.74 Å². The molecule has 0 N–H and O–H groups in total. The predicted octanol–water partition coefficient (Wildman–Crippen LogP) is 5.96. The third-order valence-electron chi connectivity index (χ3n) is 3.75. The van der Waals surface area contributed by atoms with E-state index >= 15 is 0 Å². The van der Waals surface area contributed by atoms with Crippen LogP contribution in [0.15, 0.2) is 36.4 Å². The van der Waals surface area contributed by atoms with Gasteiger partial charge in [-0.25, -0.2) is 0 Å². The van der Waals surface area contributed by atoms with Crippen LogP contribution >= 0.6 is 27.5 Å². The second kappa shape index (κ2) is 7.33. The van der Waals surface area contributed by atoms with E-state index in [2.05, 4.69) is 48.0 Å². The summed E-state index contributed by atoms with van der Waals surface area (Å²) in [7, 11) is 1.68. The van der Waals surface area contributed by atoms with Gasteiger partial charge in [0.05, 0.1) is 11.9 Å². The maximum absolute atomic E-state index is 6.14. The molecular formula is C18H20BrClO. The van der Waals surface area contributed by atoms with E-state index in [1.165, 1.54) is 16.7 Å². The molecule has 21 heavy (non-hydrogen) atoms. The third-order valence-corrected chi connectivity index (χ3v) is 5.01. The Bertz CT molecular complexity index is 625. The zero-order valence-electron chi connectivity index (χ0n) is 12.6. The highest BCUT2D eigenvalue weighted by molar-refractivity contribution is 9.09. The molecule has 0 spiro atoms. The van der Waals surface area contributed by atoms with Gasteiger partial charge in [-0.15, -0.1) is 0 Å². The lowest BCUT2D eigenvalue weighted by atomic mass is 9.96. The molecule has 3 heteroatoms. The van der Waals surface area contributed by atoms with Crippen LogP contribution in [-0.2, 0) is 12.8 Å². The maximum Gasteiger partial charge on any atom is 0.123 e. The van der Waals surface area contributed by atoms with Crippen molar-refractivity contribution in [1.29, 1.82) is 0 Å². The number of methoxy groups -OCH3 is 1. The molecule has 2 aromatic rings. The molecule has 0 heterocycles. The smallest absolute Gasteiger partial charge is 0.123 e. The summed E-state index contributed by atoms with van der Waals surface area (Å²) in [5, 5.41) is 0.719. The van der Waals surface area contributed by atoms with Crippen LogP contribution in [0.25, 0.3) is 0 Å². The van der Waals surface area contributed by atoms with Crippen molar-refractivity contribution in [3.05, 3.63) is 63.7 Å². The standard InChI is InChI=1S/C18H20BrClO/c1-4-12-6-7-14(10-13(12)5-2)18(19)16-11-15(20)8-9-17(16)21-3/h6-11,18H,4-5H2,1-3H3. The second-order valence-electron chi connectivity index (χ2n) is 4.98. The first-order valence-electron chi connectivity index (χ1n) is 7.19. The van der Waals surface area contributed by atoms with E-state index in [4.69, 9.17) is 16.3 Å². The molecule has 0 aliphatic rings. The third kappa shape index (κ3) is 3.61. The fourth-order valence-corrected chi connectivity index (χ4v) is 3.38. The molecule has 2 aromatic carbocycles. The quantitative estimate of drug-likeness (QED) is 0.593. The van der Waals surface area contributed by atoms with Crippen molar-refractivity contribution in [1.82, 2.24) is 0 Å². The Hall–Kier alpha value is -0.990. The van der Waals surface area contributed by atoms with Crippen LogP contribution in [0.5, 0.6) is 5.75 Å². The van der Waals surface area contributed by atoms with E-state index < -0.39 is 0 Å². The summed E-state index contributed by atoms with van der Waals surface area (Å²) in [4.78, 5) is 0.0716. The molecule has 0 radical (unpaired) electrons. The molecule has 0 aromatic heterocycles. The number of halogens is 2. The van der Waals surface area contributed by atoms with Crippen molar-refractivity contribution in [3.63, 3.8) is 0 Å². The molecule has 0 fully saturated rings. The van der Waals surface area contributed by atoms with E-state index in [1.807, 2.05) is 18.2 Å². The average molecular weight is 368 g/mol. The Morgan fingerprint density at radius 1 is 1.05 bits per heavy atom. The van der Waals surface area contributed by atoms with Crippen LogP contribution in [0.2, 0.25) is 5.02 Å². The highest BCUT2D eigenvalue weighted by Crippen LogP contribution is 2.38. The molecule has 0 aliphatic carbocycles. The summed E-state index contributed by atoms with van der Waals surface area (Å²) in [5.74, 6) is 0.846. The first-order chi connectivity index (χ1) is 10.1. The summed E-state index contributed by atoms with van der Waals surface area (Å²) < 4.78 is 5.46. The summed E-state index contributed by atoms with van der Waals surface area (Å²) >= 11 is 9.93. The molecule has 0 bridgehead atoms. The Balaban J connectivity index is 2.44. The minimum absolute atomic E-state index is 0.0716. The van der Waals surface area contributed by atoms with Crippen LogP contribution in [0.4, 0.5) is 0 Å². The van der Waals surface area contributed by atoms with Crippen LogP contribution in [0.3, 0.4) is 0 Å². The lowest BCUT2D eigenvalue weighted by Crippen LogP contribution is -2.00. The molecule has 112 valence electrons. The maximum atomic E-state index is 6.14. The van der Waals surface area contributed by atoms with Gasteiger partial charge in [0.1, 0.15) is 5.75 Å². The molecule has 1 nitrogen and oxygen atoms in total. The van der Waals surface area contributed by atoms with Gasteiger partial charge in [-0.1, -0.05) is 59.6 Å². The summed E-state index contributed by atoms with van der Waals surface area (Å²) in [5.41, 5.74) is 5.10. The normalized spacial score (nSPS) is 12.2. The Morgan fingerprint density at radius 3 is 2.38 bits per heavy atom. The molecule has 0 saturated carbocycles. The second-order valence-corrected chi connectivity index (χ2v) is 6.34. The molecule has 0 amide bonds. The molecular weight excluding hydrogens is 348 g/mol. The van der Waals surface area contributed by atoms with Gasteiger partial charge >= 0.3 is 0 Å². The number of rotatable bonds is 5. The largest absolute Gasteiger partial charge is 0.496 e. The number of alkyl halides is 1. The lowest BCUT2D eigenvalue weighted by Gasteiger charge is -2.17. The van der Waals surface area contributed by atoms with Gasteiger partial charge in [-0.05, 0) is 47.7 Å². The van der Waals surface area contributed by atoms with Crippen LogP contribution in [0, 0.1) is 0 Å². The number of hydrogen-bond donors (Lipinski definition) is 0. The van der Waals surface area contributed by atoms with Crippen molar-refractivity contribution in [2.24, 2.45) is 0 Å². The van der Waals surface area contributed by atoms with Crippen molar-refractivity contribution in [3.8, 4) is 5.75 Å². The van der Waals surface area contributed by atoms with Crippen LogP contribution in [-0.4, -0.2) is 7.11 Å². The Labute approximate surface area is 140 Å². The number of benzene rings is 2. The number of aryl methyl sites for hydroxylation is 2. The average Bonchev–Trinajstić information content (AvgIpc) is 2.53. The first-order valence-corrected chi connectivity index (χ1v) is 8.49. The Morgan fingerprint density at radius 2 is 1.76 bits per heavy atom. The van der Waals surface area contributed by atoms with Gasteiger partial charge in [-0.3, -0.25) is 0 Å². The predicted molar refractivity (Wildman–Crippen MR) is 94.0 cm³/mol. The van der Waals surface area contributed by atoms with Crippen molar-refractivity contribution in [2.45, 2.75) is 31.5 Å². The summed E-state index contributed by atoms with van der Waals surface area (Å²) in [6.45, 7) is 4.39. The van der Waals surface area contributed by atoms with E-state index in [9.17, 15) is 0 Å². The molecule has 2 rings (SSSR count). The first kappa shape index (κ1) is 16.4. The topological polar surface area (TPSA) is 9.23 Å². The Kier molecular flexibility index (Phi) is 5.72. The molecule has 0 aliphatic heterocycles. The van der Waals surface area contributed by atoms with Crippen LogP contribution < -0.4 is 4.74 Å².